The number of carbonyl (C=O) groups is 3. The van der Waals surface area contributed by atoms with Crippen LogP contribution in [0.3, 0.4) is 0 Å². The van der Waals surface area contributed by atoms with Crippen molar-refractivity contribution in [1.29, 1.82) is 0 Å². The third-order valence-corrected chi connectivity index (χ3v) is 4.80. The molecule has 148 valence electrons. The fourth-order valence-electron chi connectivity index (χ4n) is 3.41. The summed E-state index contributed by atoms with van der Waals surface area (Å²) in [7, 11) is 3.07. The van der Waals surface area contributed by atoms with E-state index in [-0.39, 0.29) is 5.78 Å². The second-order valence-corrected chi connectivity index (χ2v) is 6.84. The van der Waals surface area contributed by atoms with E-state index in [0.29, 0.717) is 46.6 Å². The molecule has 0 aromatic heterocycles. The Labute approximate surface area is 169 Å². The second kappa shape index (κ2) is 9.15. The van der Waals surface area contributed by atoms with Gasteiger partial charge in [-0.05, 0) is 78.9 Å². The van der Waals surface area contributed by atoms with Crippen molar-refractivity contribution in [3.05, 3.63) is 69.8 Å². The average Bonchev–Trinajstić information content (AvgIpc) is 2.75. The van der Waals surface area contributed by atoms with Gasteiger partial charge in [0.05, 0.1) is 14.2 Å². The van der Waals surface area contributed by atoms with Crippen LogP contribution in [0, 0.1) is 0 Å². The number of Topliss-reactive ketones (excluding diaryl/α,β-unsaturated/α-hetero) is 1. The lowest BCUT2D eigenvalue weighted by Crippen LogP contribution is -2.12. The van der Waals surface area contributed by atoms with Crippen LogP contribution in [0.25, 0.3) is 12.2 Å². The number of ether oxygens (including phenoxy) is 2. The molecule has 5 heteroatoms. The number of ketones is 1. The smallest absolute Gasteiger partial charge is 0.185 e. The standard InChI is InChI=1S/C24H22O5/c1-28-22-10-16(6-18(12-22)14-25)8-20-4-3-5-21(24(20)27)9-17-7-19(15-26)13-23(11-17)29-2/h6-15H,3-5H2,1-2H3/b20-8+,21-9+. The molecule has 1 fully saturated rings. The van der Waals surface area contributed by atoms with Crippen molar-refractivity contribution in [2.75, 3.05) is 14.2 Å². The lowest BCUT2D eigenvalue weighted by atomic mass is 9.86. The lowest BCUT2D eigenvalue weighted by molar-refractivity contribution is -0.112. The molecule has 2 aromatic carbocycles. The highest BCUT2D eigenvalue weighted by Gasteiger charge is 2.21. The van der Waals surface area contributed by atoms with Crippen LogP contribution in [0.15, 0.2) is 47.5 Å². The van der Waals surface area contributed by atoms with Gasteiger partial charge in [-0.15, -0.1) is 0 Å². The zero-order valence-corrected chi connectivity index (χ0v) is 16.4. The third kappa shape index (κ3) is 4.88. The van der Waals surface area contributed by atoms with Gasteiger partial charge in [-0.3, -0.25) is 14.4 Å². The normalized spacial score (nSPS) is 16.7. The zero-order chi connectivity index (χ0) is 20.8. The number of hydrogen-bond acceptors (Lipinski definition) is 5. The number of carbonyl (C=O) groups excluding carboxylic acids is 3. The summed E-state index contributed by atoms with van der Waals surface area (Å²) in [6, 6.07) is 10.3. The Bertz CT molecular complexity index is 934. The summed E-state index contributed by atoms with van der Waals surface area (Å²) in [5, 5.41) is 0. The summed E-state index contributed by atoms with van der Waals surface area (Å²) < 4.78 is 10.5. The van der Waals surface area contributed by atoms with E-state index in [4.69, 9.17) is 9.47 Å². The summed E-state index contributed by atoms with van der Waals surface area (Å²) >= 11 is 0. The Kier molecular flexibility index (Phi) is 6.39. The van der Waals surface area contributed by atoms with E-state index in [1.165, 1.54) is 14.2 Å². The molecular weight excluding hydrogens is 368 g/mol. The van der Waals surface area contributed by atoms with E-state index >= 15 is 0 Å². The van der Waals surface area contributed by atoms with E-state index in [1.54, 1.807) is 36.4 Å². The van der Waals surface area contributed by atoms with Crippen molar-refractivity contribution in [1.82, 2.24) is 0 Å². The fourth-order valence-corrected chi connectivity index (χ4v) is 3.41. The average molecular weight is 390 g/mol. The first-order valence-corrected chi connectivity index (χ1v) is 9.30. The molecule has 29 heavy (non-hydrogen) atoms. The van der Waals surface area contributed by atoms with Gasteiger partial charge < -0.3 is 9.47 Å². The van der Waals surface area contributed by atoms with E-state index in [1.807, 2.05) is 12.2 Å². The molecule has 3 rings (SSSR count). The van der Waals surface area contributed by atoms with Crippen LogP contribution in [-0.4, -0.2) is 32.6 Å². The monoisotopic (exact) mass is 390 g/mol. The molecule has 0 N–H and O–H groups in total. The van der Waals surface area contributed by atoms with Crippen molar-refractivity contribution < 1.29 is 23.9 Å². The number of hydrogen-bond donors (Lipinski definition) is 0. The second-order valence-electron chi connectivity index (χ2n) is 6.84. The molecule has 5 nitrogen and oxygen atoms in total. The summed E-state index contributed by atoms with van der Waals surface area (Å²) in [6.45, 7) is 0. The molecule has 0 spiro atoms. The van der Waals surface area contributed by atoms with Crippen LogP contribution < -0.4 is 9.47 Å². The van der Waals surface area contributed by atoms with Crippen LogP contribution in [-0.2, 0) is 4.79 Å². The highest BCUT2D eigenvalue weighted by Crippen LogP contribution is 2.30. The molecule has 0 amide bonds. The Morgan fingerprint density at radius 1 is 0.690 bits per heavy atom. The van der Waals surface area contributed by atoms with Crippen LogP contribution in [0.4, 0.5) is 0 Å². The van der Waals surface area contributed by atoms with Crippen molar-refractivity contribution in [2.45, 2.75) is 19.3 Å². The van der Waals surface area contributed by atoms with Crippen molar-refractivity contribution in [3.63, 3.8) is 0 Å². The van der Waals surface area contributed by atoms with Crippen molar-refractivity contribution >= 4 is 30.5 Å². The molecule has 0 heterocycles. The molecule has 0 radical (unpaired) electrons. The maximum Gasteiger partial charge on any atom is 0.185 e. The van der Waals surface area contributed by atoms with Gasteiger partial charge in [0.15, 0.2) is 5.78 Å². The first kappa shape index (κ1) is 20.3. The van der Waals surface area contributed by atoms with Gasteiger partial charge in [0.2, 0.25) is 0 Å². The molecule has 1 saturated carbocycles. The van der Waals surface area contributed by atoms with Crippen LogP contribution in [0.5, 0.6) is 11.5 Å². The topological polar surface area (TPSA) is 69.7 Å². The van der Waals surface area contributed by atoms with Gasteiger partial charge in [-0.2, -0.15) is 0 Å². The largest absolute Gasteiger partial charge is 0.497 e. The van der Waals surface area contributed by atoms with Gasteiger partial charge in [-0.25, -0.2) is 0 Å². The summed E-state index contributed by atoms with van der Waals surface area (Å²) in [5.74, 6) is 1.11. The summed E-state index contributed by atoms with van der Waals surface area (Å²) in [6.07, 6.45) is 7.32. The lowest BCUT2D eigenvalue weighted by Gasteiger charge is -2.17. The van der Waals surface area contributed by atoms with Gasteiger partial charge in [0, 0.05) is 22.3 Å². The first-order chi connectivity index (χ1) is 14.1. The van der Waals surface area contributed by atoms with Gasteiger partial charge in [0.25, 0.3) is 0 Å². The van der Waals surface area contributed by atoms with Gasteiger partial charge in [-0.1, -0.05) is 0 Å². The third-order valence-electron chi connectivity index (χ3n) is 4.80. The molecule has 0 saturated heterocycles. The van der Waals surface area contributed by atoms with E-state index in [2.05, 4.69) is 0 Å². The maximum absolute atomic E-state index is 13.0. The van der Waals surface area contributed by atoms with Gasteiger partial charge in [0.1, 0.15) is 24.1 Å². The summed E-state index contributed by atoms with van der Waals surface area (Å²) in [5.41, 5.74) is 3.86. The summed E-state index contributed by atoms with van der Waals surface area (Å²) in [4.78, 5) is 35.3. The number of allylic oxidation sites excluding steroid dienone is 2. The number of methoxy groups -OCH3 is 2. The number of aldehydes is 2. The molecule has 0 unspecified atom stereocenters. The molecule has 0 aliphatic heterocycles. The van der Waals surface area contributed by atoms with E-state index in [9.17, 15) is 14.4 Å². The Balaban J connectivity index is 1.95. The highest BCUT2D eigenvalue weighted by molar-refractivity contribution is 6.14. The van der Waals surface area contributed by atoms with E-state index < -0.39 is 0 Å². The predicted octanol–water partition coefficient (Wildman–Crippen LogP) is 4.55. The molecule has 0 atom stereocenters. The number of rotatable bonds is 6. The van der Waals surface area contributed by atoms with Gasteiger partial charge >= 0.3 is 0 Å². The van der Waals surface area contributed by atoms with Crippen LogP contribution in [0.1, 0.15) is 51.1 Å². The quantitative estimate of drug-likeness (QED) is 0.535. The highest BCUT2D eigenvalue weighted by atomic mass is 16.5. The molecular formula is C24H22O5. The fraction of sp³-hybridized carbons (Fsp3) is 0.208. The Morgan fingerprint density at radius 3 is 1.48 bits per heavy atom. The maximum atomic E-state index is 13.0. The van der Waals surface area contributed by atoms with Crippen LogP contribution in [0.2, 0.25) is 0 Å². The molecule has 2 aromatic rings. The molecule has 1 aliphatic rings. The van der Waals surface area contributed by atoms with Crippen molar-refractivity contribution in [3.8, 4) is 11.5 Å². The zero-order valence-electron chi connectivity index (χ0n) is 16.4. The SMILES string of the molecule is COc1cc(C=O)cc(/C=C2\CCC/C(=C\c3cc(C=O)cc(OC)c3)C2=O)c1. The minimum Gasteiger partial charge on any atom is -0.497 e. The minimum atomic E-state index is -0.0257. The Morgan fingerprint density at radius 2 is 1.10 bits per heavy atom. The Hall–Kier alpha value is -3.47. The van der Waals surface area contributed by atoms with E-state index in [0.717, 1.165) is 30.1 Å². The molecule has 0 bridgehead atoms. The first-order valence-electron chi connectivity index (χ1n) is 9.30. The predicted molar refractivity (Wildman–Crippen MR) is 112 cm³/mol. The van der Waals surface area contributed by atoms with Crippen LogP contribution >= 0.6 is 0 Å². The number of benzene rings is 2. The minimum absolute atomic E-state index is 0.0257. The molecule has 1 aliphatic carbocycles. The van der Waals surface area contributed by atoms with Crippen molar-refractivity contribution in [2.24, 2.45) is 0 Å².